The van der Waals surface area contributed by atoms with Gasteiger partial charge in [-0.3, -0.25) is 0 Å². The third-order valence-electron chi connectivity index (χ3n) is 8.94. The number of benzene rings is 7. The zero-order chi connectivity index (χ0) is 29.3. The number of nitrogens with zero attached hydrogens (tertiary/aromatic N) is 1. The summed E-state index contributed by atoms with van der Waals surface area (Å²) in [5.74, 6) is 0. The maximum absolute atomic E-state index is 2.74. The summed E-state index contributed by atoms with van der Waals surface area (Å²) in [7, 11) is -2.74. The smallest absolute Gasteiger partial charge is 0.183 e. The summed E-state index contributed by atoms with van der Waals surface area (Å²) < 4.78 is 0. The van der Waals surface area contributed by atoms with Crippen LogP contribution in [0.5, 0.6) is 0 Å². The van der Waals surface area contributed by atoms with E-state index in [0.29, 0.717) is 0 Å². The van der Waals surface area contributed by atoms with E-state index in [1.807, 2.05) is 0 Å². The maximum Gasteiger partial charge on any atom is 0.183 e. The highest BCUT2D eigenvalue weighted by molar-refractivity contribution is 7.22. The molecule has 1 aliphatic heterocycles. The number of anilines is 3. The molecule has 7 aromatic rings. The van der Waals surface area contributed by atoms with Crippen LogP contribution < -0.4 is 25.6 Å². The number of hydrogen-bond acceptors (Lipinski definition) is 1. The molecule has 1 heterocycles. The van der Waals surface area contributed by atoms with Gasteiger partial charge in [0.2, 0.25) is 0 Å². The molecule has 0 amide bonds. The second kappa shape index (κ2) is 11.0. The Balaban J connectivity index is 1.51. The average Bonchev–Trinajstić information content (AvgIpc) is 3.42. The molecule has 0 aliphatic carbocycles. The van der Waals surface area contributed by atoms with Gasteiger partial charge < -0.3 is 4.90 Å². The van der Waals surface area contributed by atoms with Gasteiger partial charge >= 0.3 is 0 Å². The van der Waals surface area contributed by atoms with Crippen molar-refractivity contribution in [3.05, 3.63) is 188 Å². The van der Waals surface area contributed by atoms with Crippen LogP contribution in [0.25, 0.3) is 22.3 Å². The zero-order valence-electron chi connectivity index (χ0n) is 24.3. The average molecular weight is 578 g/mol. The SMILES string of the molecule is c1ccc(-c2ccccc2N(c2ccccc2)c2cccc3c2[Si](c2ccccc2)(c2ccccc2)c2ccccc2-3)cc1. The molecule has 2 heteroatoms. The molecule has 208 valence electrons. The van der Waals surface area contributed by atoms with E-state index in [2.05, 4.69) is 193 Å². The van der Waals surface area contributed by atoms with Crippen molar-refractivity contribution in [3.63, 3.8) is 0 Å². The van der Waals surface area contributed by atoms with Gasteiger partial charge in [0.05, 0.1) is 5.69 Å². The second-order valence-corrected chi connectivity index (χ2v) is 15.0. The van der Waals surface area contributed by atoms with Crippen LogP contribution in [-0.4, -0.2) is 8.07 Å². The zero-order valence-corrected chi connectivity index (χ0v) is 25.3. The highest BCUT2D eigenvalue weighted by atomic mass is 28.3. The highest BCUT2D eigenvalue weighted by Crippen LogP contribution is 2.43. The van der Waals surface area contributed by atoms with Crippen LogP contribution in [0.3, 0.4) is 0 Å². The Morgan fingerprint density at radius 2 is 0.818 bits per heavy atom. The van der Waals surface area contributed by atoms with Gasteiger partial charge in [0, 0.05) is 16.9 Å². The van der Waals surface area contributed by atoms with E-state index >= 15 is 0 Å². The molecule has 0 atom stereocenters. The second-order valence-electron chi connectivity index (χ2n) is 11.3. The molecule has 8 rings (SSSR count). The number of hydrogen-bond donors (Lipinski definition) is 0. The van der Waals surface area contributed by atoms with Crippen LogP contribution in [-0.2, 0) is 0 Å². The van der Waals surface area contributed by atoms with Gasteiger partial charge in [-0.05, 0) is 61.7 Å². The van der Waals surface area contributed by atoms with Gasteiger partial charge in [-0.2, -0.15) is 0 Å². The van der Waals surface area contributed by atoms with E-state index < -0.39 is 8.07 Å². The summed E-state index contributed by atoms with van der Waals surface area (Å²) >= 11 is 0. The van der Waals surface area contributed by atoms with Crippen LogP contribution in [0, 0.1) is 0 Å². The Kier molecular flexibility index (Phi) is 6.55. The molecule has 1 aliphatic rings. The van der Waals surface area contributed by atoms with Crippen molar-refractivity contribution < 1.29 is 0 Å². The molecule has 0 bridgehead atoms. The fourth-order valence-corrected chi connectivity index (χ4v) is 12.5. The first-order valence-corrected chi connectivity index (χ1v) is 17.2. The van der Waals surface area contributed by atoms with Gasteiger partial charge in [0.15, 0.2) is 8.07 Å². The maximum atomic E-state index is 2.50. The van der Waals surface area contributed by atoms with Crippen molar-refractivity contribution in [3.8, 4) is 22.3 Å². The number of rotatable bonds is 6. The van der Waals surface area contributed by atoms with Crippen LogP contribution in [0.2, 0.25) is 0 Å². The van der Waals surface area contributed by atoms with Gasteiger partial charge in [-0.15, -0.1) is 0 Å². The molecule has 0 radical (unpaired) electrons. The third-order valence-corrected chi connectivity index (χ3v) is 13.9. The Morgan fingerprint density at radius 3 is 1.48 bits per heavy atom. The molecule has 0 spiro atoms. The van der Waals surface area contributed by atoms with Gasteiger partial charge in [0.1, 0.15) is 0 Å². The molecular formula is C42H31NSi. The minimum atomic E-state index is -2.74. The number of fused-ring (bicyclic) bond motifs is 3. The first-order valence-electron chi connectivity index (χ1n) is 15.2. The first-order chi connectivity index (χ1) is 21.9. The summed E-state index contributed by atoms with van der Waals surface area (Å²) in [6.45, 7) is 0. The minimum absolute atomic E-state index is 1.14. The Morgan fingerprint density at radius 1 is 0.341 bits per heavy atom. The summed E-state index contributed by atoms with van der Waals surface area (Å²) in [4.78, 5) is 2.50. The van der Waals surface area contributed by atoms with Crippen molar-refractivity contribution in [2.45, 2.75) is 0 Å². The Bertz CT molecular complexity index is 2020. The molecule has 44 heavy (non-hydrogen) atoms. The van der Waals surface area contributed by atoms with Crippen LogP contribution >= 0.6 is 0 Å². The van der Waals surface area contributed by atoms with Crippen molar-refractivity contribution in [2.75, 3.05) is 4.90 Å². The lowest BCUT2D eigenvalue weighted by molar-refractivity contribution is 1.29. The molecule has 0 aromatic heterocycles. The molecule has 0 saturated heterocycles. The fourth-order valence-electron chi connectivity index (χ4n) is 7.18. The van der Waals surface area contributed by atoms with E-state index in [-0.39, 0.29) is 0 Å². The van der Waals surface area contributed by atoms with Gasteiger partial charge in [-0.1, -0.05) is 164 Å². The number of para-hydroxylation sites is 2. The van der Waals surface area contributed by atoms with Gasteiger partial charge in [0.25, 0.3) is 0 Å². The third kappa shape index (κ3) is 4.07. The van der Waals surface area contributed by atoms with E-state index in [0.717, 1.165) is 5.69 Å². The lowest BCUT2D eigenvalue weighted by Gasteiger charge is -2.36. The monoisotopic (exact) mass is 577 g/mol. The van der Waals surface area contributed by atoms with Crippen LogP contribution in [0.15, 0.2) is 188 Å². The van der Waals surface area contributed by atoms with Crippen molar-refractivity contribution >= 4 is 45.9 Å². The predicted octanol–water partition coefficient (Wildman–Crippen LogP) is 8.18. The predicted molar refractivity (Wildman–Crippen MR) is 189 cm³/mol. The van der Waals surface area contributed by atoms with Crippen LogP contribution in [0.4, 0.5) is 17.1 Å². The first kappa shape index (κ1) is 26.2. The standard InChI is InChI=1S/C42H31NSi/c1-5-18-32(19-6-1)36-26-13-15-29-39(36)43(33-20-7-2-8-21-33)40-30-17-28-38-37-27-14-16-31-41(37)44(42(38)40,34-22-9-3-10-23-34)35-24-11-4-12-25-35/h1-31H. The Hall–Kier alpha value is -5.44. The molecule has 0 N–H and O–H groups in total. The molecular weight excluding hydrogens is 547 g/mol. The minimum Gasteiger partial charge on any atom is -0.310 e. The summed E-state index contributed by atoms with van der Waals surface area (Å²) in [5, 5.41) is 5.68. The molecule has 0 unspecified atom stereocenters. The molecule has 1 nitrogen and oxygen atoms in total. The normalized spacial score (nSPS) is 12.7. The van der Waals surface area contributed by atoms with E-state index in [4.69, 9.17) is 0 Å². The summed E-state index contributed by atoms with van der Waals surface area (Å²) in [6, 6.07) is 69.0. The fraction of sp³-hybridized carbons (Fsp3) is 0. The van der Waals surface area contributed by atoms with Gasteiger partial charge in [-0.25, -0.2) is 0 Å². The van der Waals surface area contributed by atoms with E-state index in [9.17, 15) is 0 Å². The summed E-state index contributed by atoms with van der Waals surface area (Å²) in [5.41, 5.74) is 8.62. The van der Waals surface area contributed by atoms with Crippen molar-refractivity contribution in [1.29, 1.82) is 0 Å². The summed E-state index contributed by atoms with van der Waals surface area (Å²) in [6.07, 6.45) is 0. The quantitative estimate of drug-likeness (QED) is 0.180. The van der Waals surface area contributed by atoms with E-state index in [1.165, 1.54) is 54.4 Å². The largest absolute Gasteiger partial charge is 0.310 e. The lowest BCUT2D eigenvalue weighted by atomic mass is 10.0. The lowest BCUT2D eigenvalue weighted by Crippen LogP contribution is -2.73. The van der Waals surface area contributed by atoms with Crippen molar-refractivity contribution in [2.24, 2.45) is 0 Å². The Labute approximate surface area is 260 Å². The van der Waals surface area contributed by atoms with Crippen LogP contribution in [0.1, 0.15) is 0 Å². The topological polar surface area (TPSA) is 3.24 Å². The molecule has 0 saturated carbocycles. The highest BCUT2D eigenvalue weighted by Gasteiger charge is 2.50. The van der Waals surface area contributed by atoms with E-state index in [1.54, 1.807) is 0 Å². The molecule has 0 fully saturated rings. The molecule has 7 aromatic carbocycles. The van der Waals surface area contributed by atoms with Crippen molar-refractivity contribution in [1.82, 2.24) is 0 Å².